The fraction of sp³-hybridized carbons (Fsp3) is 0.300. The largest absolute Gasteiger partial charge is 0.457 e. The number of ether oxygens (including phenoxy) is 1. The van der Waals surface area contributed by atoms with Crippen molar-refractivity contribution in [2.24, 2.45) is 5.41 Å². The Morgan fingerprint density at radius 1 is 1.10 bits per heavy atom. The van der Waals surface area contributed by atoms with E-state index in [4.69, 9.17) is 22.1 Å². The molecule has 1 aliphatic heterocycles. The third-order valence-electron chi connectivity index (χ3n) is 6.56. The second-order valence-corrected chi connectivity index (χ2v) is 10.7. The van der Waals surface area contributed by atoms with Crippen LogP contribution in [-0.4, -0.2) is 43.6 Å². The number of piperidine rings is 1. The Bertz CT molecular complexity index is 1560. The predicted molar refractivity (Wildman–Crippen MR) is 151 cm³/mol. The van der Waals surface area contributed by atoms with E-state index in [9.17, 15) is 4.79 Å². The summed E-state index contributed by atoms with van der Waals surface area (Å²) < 4.78 is 7.80. The molecule has 2 N–H and O–H groups in total. The minimum absolute atomic E-state index is 0.115. The van der Waals surface area contributed by atoms with Crippen molar-refractivity contribution in [1.29, 1.82) is 0 Å². The van der Waals surface area contributed by atoms with E-state index in [0.717, 1.165) is 24.2 Å². The summed E-state index contributed by atoms with van der Waals surface area (Å²) >= 11 is 0. The summed E-state index contributed by atoms with van der Waals surface area (Å²) in [4.78, 5) is 27.3. The quantitative estimate of drug-likeness (QED) is 0.260. The van der Waals surface area contributed by atoms with Crippen molar-refractivity contribution in [1.82, 2.24) is 24.6 Å². The van der Waals surface area contributed by atoms with Crippen LogP contribution in [0, 0.1) is 12.0 Å². The van der Waals surface area contributed by atoms with Gasteiger partial charge in [0.1, 0.15) is 29.3 Å². The monoisotopic (exact) mass is 521 g/mol. The first kappa shape index (κ1) is 25.9. The molecule has 198 valence electrons. The van der Waals surface area contributed by atoms with Crippen LogP contribution in [0.5, 0.6) is 11.5 Å². The molecule has 1 atom stereocenters. The molecule has 0 spiro atoms. The number of nitrogens with zero attached hydrogens (tertiary/aromatic N) is 6. The number of carbonyl (C=O) groups excluding carboxylic acids is 1. The molecule has 4 aromatic rings. The molecule has 5 rings (SSSR count). The van der Waals surface area contributed by atoms with Gasteiger partial charge in [-0.05, 0) is 54.7 Å². The fourth-order valence-corrected chi connectivity index (χ4v) is 4.81. The van der Waals surface area contributed by atoms with Crippen LogP contribution in [0.1, 0.15) is 39.7 Å². The number of hydrogen-bond donors (Lipinski definition) is 1. The van der Waals surface area contributed by atoms with Crippen molar-refractivity contribution in [3.63, 3.8) is 0 Å². The molecule has 0 saturated carbocycles. The van der Waals surface area contributed by atoms with Crippen LogP contribution in [0.2, 0.25) is 0 Å². The van der Waals surface area contributed by atoms with Gasteiger partial charge in [0.05, 0.1) is 18.0 Å². The summed E-state index contributed by atoms with van der Waals surface area (Å²) in [5.41, 5.74) is 8.36. The maximum atomic E-state index is 13.2. The average Bonchev–Trinajstić information content (AvgIpc) is 3.33. The smallest absolute Gasteiger partial charge is 0.252 e. The lowest BCUT2D eigenvalue weighted by atomic mass is 9.95. The van der Waals surface area contributed by atoms with Gasteiger partial charge in [-0.15, -0.1) is 0 Å². The molecule has 0 bridgehead atoms. The molecule has 9 nitrogen and oxygen atoms in total. The highest BCUT2D eigenvalue weighted by Gasteiger charge is 2.30. The van der Waals surface area contributed by atoms with E-state index in [1.54, 1.807) is 11.0 Å². The first-order valence-electron chi connectivity index (χ1n) is 12.9. The van der Waals surface area contributed by atoms with Gasteiger partial charge in [0, 0.05) is 18.7 Å². The lowest BCUT2D eigenvalue weighted by Crippen LogP contribution is -2.41. The molecule has 3 heterocycles. The molecule has 1 amide bonds. The van der Waals surface area contributed by atoms with Gasteiger partial charge in [0.2, 0.25) is 5.70 Å². The minimum atomic E-state index is -0.270. The van der Waals surface area contributed by atoms with Crippen molar-refractivity contribution in [2.45, 2.75) is 39.7 Å². The topological polar surface area (TPSA) is 104 Å². The number of aromatic nitrogens is 4. The first-order valence-corrected chi connectivity index (χ1v) is 12.9. The molecular weight excluding hydrogens is 490 g/mol. The van der Waals surface area contributed by atoms with Crippen molar-refractivity contribution >= 4 is 22.8 Å². The zero-order chi connectivity index (χ0) is 27.6. The summed E-state index contributed by atoms with van der Waals surface area (Å²) in [6, 6.07) is 17.1. The van der Waals surface area contributed by atoms with Crippen LogP contribution in [0.15, 0.2) is 72.7 Å². The van der Waals surface area contributed by atoms with Gasteiger partial charge >= 0.3 is 0 Å². The van der Waals surface area contributed by atoms with E-state index in [2.05, 4.69) is 14.8 Å². The van der Waals surface area contributed by atoms with Crippen LogP contribution in [-0.2, 0) is 4.79 Å². The summed E-state index contributed by atoms with van der Waals surface area (Å²) in [6.45, 7) is 14.5. The SMILES string of the molecule is [C-]#[N+]C(=CC(C)(C)C)C(=O)N1CCC[C@@H](n2nc(-c3ccc(Oc4ccccc4)cc3)c3c(N)ncnc32)C1. The molecule has 0 unspecified atom stereocenters. The van der Waals surface area contributed by atoms with Crippen LogP contribution >= 0.6 is 0 Å². The van der Waals surface area contributed by atoms with E-state index in [0.29, 0.717) is 41.4 Å². The third-order valence-corrected chi connectivity index (χ3v) is 6.56. The van der Waals surface area contributed by atoms with E-state index in [1.165, 1.54) is 6.33 Å². The Morgan fingerprint density at radius 3 is 2.51 bits per heavy atom. The number of fused-ring (bicyclic) bond motifs is 1. The van der Waals surface area contributed by atoms with Gasteiger partial charge in [-0.25, -0.2) is 19.5 Å². The Balaban J connectivity index is 1.46. The number of carbonyl (C=O) groups is 1. The van der Waals surface area contributed by atoms with Crippen LogP contribution in [0.3, 0.4) is 0 Å². The number of nitrogen functional groups attached to an aromatic ring is 1. The molecule has 0 aliphatic carbocycles. The van der Waals surface area contributed by atoms with E-state index >= 15 is 0 Å². The molecule has 0 radical (unpaired) electrons. The standard InChI is InChI=1S/C30H31N7O2/c1-30(2,3)17-24(32-4)29(38)36-16-8-9-21(18-36)37-28-25(27(31)33-19-34-28)26(35-37)20-12-14-23(15-13-20)39-22-10-6-5-7-11-22/h5-7,10-15,17,19,21H,8-9,16,18H2,1-3H3,(H2,31,33,34)/t21-/m1/s1. The number of likely N-dealkylation sites (tertiary alicyclic amines) is 1. The number of allylic oxidation sites excluding steroid dienone is 1. The number of nitrogens with two attached hydrogens (primary N) is 1. The highest BCUT2D eigenvalue weighted by molar-refractivity contribution is 5.98. The summed E-state index contributed by atoms with van der Waals surface area (Å²) in [6.07, 6.45) is 4.79. The summed E-state index contributed by atoms with van der Waals surface area (Å²) in [5, 5.41) is 5.63. The molecule has 1 aliphatic rings. The lowest BCUT2D eigenvalue weighted by Gasteiger charge is -2.33. The maximum Gasteiger partial charge on any atom is 0.252 e. The van der Waals surface area contributed by atoms with Crippen LogP contribution in [0.25, 0.3) is 27.1 Å². The Morgan fingerprint density at radius 2 is 1.82 bits per heavy atom. The highest BCUT2D eigenvalue weighted by Crippen LogP contribution is 2.35. The van der Waals surface area contributed by atoms with Crippen molar-refractivity contribution in [3.8, 4) is 22.8 Å². The van der Waals surface area contributed by atoms with Crippen molar-refractivity contribution in [2.75, 3.05) is 18.8 Å². The fourth-order valence-electron chi connectivity index (χ4n) is 4.81. The molecule has 1 saturated heterocycles. The average molecular weight is 522 g/mol. The third kappa shape index (κ3) is 5.60. The van der Waals surface area contributed by atoms with E-state index in [1.807, 2.05) is 80.1 Å². The van der Waals surface area contributed by atoms with E-state index in [-0.39, 0.29) is 23.1 Å². The minimum Gasteiger partial charge on any atom is -0.457 e. The van der Waals surface area contributed by atoms with Gasteiger partial charge in [-0.2, -0.15) is 5.10 Å². The summed E-state index contributed by atoms with van der Waals surface area (Å²) in [7, 11) is 0. The van der Waals surface area contributed by atoms with E-state index < -0.39 is 0 Å². The Kier molecular flexibility index (Phi) is 7.03. The zero-order valence-corrected chi connectivity index (χ0v) is 22.3. The van der Waals surface area contributed by atoms with Gasteiger partial charge in [-0.1, -0.05) is 45.0 Å². The molecule has 9 heteroatoms. The van der Waals surface area contributed by atoms with Crippen LogP contribution in [0.4, 0.5) is 5.82 Å². The molecular formula is C30H31N7O2. The molecule has 2 aromatic heterocycles. The maximum absolute atomic E-state index is 13.2. The molecule has 1 fully saturated rings. The van der Waals surface area contributed by atoms with Crippen molar-refractivity contribution < 1.29 is 9.53 Å². The Labute approximate surface area is 227 Å². The van der Waals surface area contributed by atoms with Crippen molar-refractivity contribution in [3.05, 3.63) is 84.1 Å². The highest BCUT2D eigenvalue weighted by atomic mass is 16.5. The number of anilines is 1. The van der Waals surface area contributed by atoms with Gasteiger partial charge < -0.3 is 15.4 Å². The molecule has 2 aromatic carbocycles. The lowest BCUT2D eigenvalue weighted by molar-refractivity contribution is -0.128. The zero-order valence-electron chi connectivity index (χ0n) is 22.3. The number of hydrogen-bond acceptors (Lipinski definition) is 6. The number of amides is 1. The number of para-hydroxylation sites is 1. The first-order chi connectivity index (χ1) is 18.7. The Hall–Kier alpha value is -4.71. The van der Waals surface area contributed by atoms with Gasteiger partial charge in [0.25, 0.3) is 5.91 Å². The number of rotatable bonds is 5. The second-order valence-electron chi connectivity index (χ2n) is 10.7. The second kappa shape index (κ2) is 10.6. The predicted octanol–water partition coefficient (Wildman–Crippen LogP) is 5.88. The molecule has 39 heavy (non-hydrogen) atoms. The van der Waals surface area contributed by atoms with Crippen LogP contribution < -0.4 is 10.5 Å². The summed E-state index contributed by atoms with van der Waals surface area (Å²) in [5.74, 6) is 1.56. The normalized spacial score (nSPS) is 16.2. The van der Waals surface area contributed by atoms with Gasteiger partial charge in [0.15, 0.2) is 5.65 Å². The van der Waals surface area contributed by atoms with Gasteiger partial charge in [-0.3, -0.25) is 4.79 Å². The number of benzene rings is 2.